The summed E-state index contributed by atoms with van der Waals surface area (Å²) in [5, 5.41) is 3.61. The molecule has 2 unspecified atom stereocenters. The Kier molecular flexibility index (Phi) is 5.20. The average Bonchev–Trinajstić information content (AvgIpc) is 2.43. The van der Waals surface area contributed by atoms with Gasteiger partial charge in [-0.1, -0.05) is 13.0 Å². The van der Waals surface area contributed by atoms with E-state index in [1.165, 1.54) is 38.9 Å². The molecule has 2 nitrogen and oxygen atoms in total. The summed E-state index contributed by atoms with van der Waals surface area (Å²) in [5.41, 5.74) is 0. The second kappa shape index (κ2) is 6.20. The van der Waals surface area contributed by atoms with Crippen LogP contribution in [0.2, 0.25) is 0 Å². The van der Waals surface area contributed by atoms with E-state index in [9.17, 15) is 0 Å². The van der Waals surface area contributed by atoms with Crippen LogP contribution < -0.4 is 5.32 Å². The lowest BCUT2D eigenvalue weighted by atomic mass is 10.1. The molecule has 1 saturated heterocycles. The van der Waals surface area contributed by atoms with Crippen molar-refractivity contribution in [1.82, 2.24) is 10.2 Å². The first kappa shape index (κ1) is 11.7. The Balaban J connectivity index is 2.30. The number of rotatable bonds is 4. The summed E-state index contributed by atoms with van der Waals surface area (Å²) in [7, 11) is 0. The smallest absolute Gasteiger partial charge is 0.0221 e. The summed E-state index contributed by atoms with van der Waals surface area (Å²) in [6, 6.07) is 1.15. The summed E-state index contributed by atoms with van der Waals surface area (Å²) >= 11 is 0. The molecule has 1 N–H and O–H groups in total. The van der Waals surface area contributed by atoms with Gasteiger partial charge in [0.2, 0.25) is 0 Å². The maximum atomic E-state index is 3.81. The van der Waals surface area contributed by atoms with E-state index in [4.69, 9.17) is 0 Å². The zero-order valence-electron chi connectivity index (χ0n) is 9.63. The normalized spacial score (nSPS) is 26.9. The van der Waals surface area contributed by atoms with Crippen molar-refractivity contribution in [2.75, 3.05) is 19.6 Å². The van der Waals surface area contributed by atoms with Gasteiger partial charge in [-0.25, -0.2) is 0 Å². The highest BCUT2D eigenvalue weighted by molar-refractivity contribution is 4.85. The van der Waals surface area contributed by atoms with Crippen molar-refractivity contribution in [3.8, 4) is 0 Å². The minimum Gasteiger partial charge on any atom is -0.308 e. The van der Waals surface area contributed by atoms with Gasteiger partial charge in [0.25, 0.3) is 0 Å². The van der Waals surface area contributed by atoms with Gasteiger partial charge in [-0.3, -0.25) is 0 Å². The summed E-state index contributed by atoms with van der Waals surface area (Å²) in [4.78, 5) is 2.54. The molecule has 0 saturated carbocycles. The van der Waals surface area contributed by atoms with E-state index in [0.717, 1.165) is 0 Å². The van der Waals surface area contributed by atoms with Crippen molar-refractivity contribution in [3.63, 3.8) is 0 Å². The third kappa shape index (κ3) is 3.81. The fraction of sp³-hybridized carbons (Fsp3) is 0.833. The van der Waals surface area contributed by atoms with Gasteiger partial charge in [-0.15, -0.1) is 6.58 Å². The molecule has 82 valence electrons. The Morgan fingerprint density at radius 2 is 2.29 bits per heavy atom. The van der Waals surface area contributed by atoms with Crippen molar-refractivity contribution < 1.29 is 0 Å². The van der Waals surface area contributed by atoms with Crippen LogP contribution in [-0.2, 0) is 0 Å². The summed E-state index contributed by atoms with van der Waals surface area (Å²) in [6.45, 7) is 12.0. The standard InChI is InChI=1S/C12H24N2/c1-4-11(3)13-12-7-6-9-14(5-2)10-8-12/h4,11-13H,1,5-10H2,2-3H3. The van der Waals surface area contributed by atoms with E-state index >= 15 is 0 Å². The van der Waals surface area contributed by atoms with Crippen LogP contribution in [0.5, 0.6) is 0 Å². The maximum absolute atomic E-state index is 3.81. The predicted octanol–water partition coefficient (Wildman–Crippen LogP) is 2.02. The first-order valence-corrected chi connectivity index (χ1v) is 5.87. The van der Waals surface area contributed by atoms with Gasteiger partial charge in [0.15, 0.2) is 0 Å². The highest BCUT2D eigenvalue weighted by atomic mass is 15.1. The van der Waals surface area contributed by atoms with Crippen molar-refractivity contribution in [1.29, 1.82) is 0 Å². The molecule has 0 amide bonds. The molecular weight excluding hydrogens is 172 g/mol. The number of nitrogens with zero attached hydrogens (tertiary/aromatic N) is 1. The first-order valence-electron chi connectivity index (χ1n) is 5.87. The number of hydrogen-bond acceptors (Lipinski definition) is 2. The van der Waals surface area contributed by atoms with Crippen LogP contribution in [0.25, 0.3) is 0 Å². The topological polar surface area (TPSA) is 15.3 Å². The van der Waals surface area contributed by atoms with E-state index in [1.807, 2.05) is 6.08 Å². The minimum atomic E-state index is 0.452. The number of nitrogens with one attached hydrogen (secondary N) is 1. The van der Waals surface area contributed by atoms with Crippen LogP contribution in [0, 0.1) is 0 Å². The largest absolute Gasteiger partial charge is 0.308 e. The third-order valence-electron chi connectivity index (χ3n) is 3.12. The highest BCUT2D eigenvalue weighted by Crippen LogP contribution is 2.11. The monoisotopic (exact) mass is 196 g/mol. The lowest BCUT2D eigenvalue weighted by Crippen LogP contribution is -2.36. The summed E-state index contributed by atoms with van der Waals surface area (Å²) in [6.07, 6.45) is 5.92. The molecule has 0 bridgehead atoms. The molecule has 0 radical (unpaired) electrons. The quantitative estimate of drug-likeness (QED) is 0.692. The SMILES string of the molecule is C=CC(C)NC1CCCN(CC)CC1. The van der Waals surface area contributed by atoms with Crippen LogP contribution in [0.3, 0.4) is 0 Å². The molecule has 1 aliphatic rings. The van der Waals surface area contributed by atoms with Crippen LogP contribution >= 0.6 is 0 Å². The van der Waals surface area contributed by atoms with E-state index in [2.05, 4.69) is 30.6 Å². The molecule has 1 rings (SSSR count). The second-order valence-corrected chi connectivity index (χ2v) is 4.25. The molecule has 14 heavy (non-hydrogen) atoms. The summed E-state index contributed by atoms with van der Waals surface area (Å²) < 4.78 is 0. The van der Waals surface area contributed by atoms with Crippen LogP contribution in [-0.4, -0.2) is 36.6 Å². The van der Waals surface area contributed by atoms with Crippen LogP contribution in [0.4, 0.5) is 0 Å². The Bertz CT molecular complexity index is 168. The second-order valence-electron chi connectivity index (χ2n) is 4.25. The fourth-order valence-electron chi connectivity index (χ4n) is 2.08. The van der Waals surface area contributed by atoms with Gasteiger partial charge in [0, 0.05) is 12.1 Å². The maximum Gasteiger partial charge on any atom is 0.0221 e. The van der Waals surface area contributed by atoms with Gasteiger partial charge < -0.3 is 10.2 Å². The Hall–Kier alpha value is -0.340. The van der Waals surface area contributed by atoms with E-state index in [0.29, 0.717) is 12.1 Å². The molecule has 2 heteroatoms. The van der Waals surface area contributed by atoms with Crippen molar-refractivity contribution in [2.45, 2.75) is 45.2 Å². The summed E-state index contributed by atoms with van der Waals surface area (Å²) in [5.74, 6) is 0. The third-order valence-corrected chi connectivity index (χ3v) is 3.12. The van der Waals surface area contributed by atoms with Gasteiger partial charge in [-0.2, -0.15) is 0 Å². The Labute approximate surface area is 88.4 Å². The minimum absolute atomic E-state index is 0.452. The molecule has 0 aromatic rings. The van der Waals surface area contributed by atoms with Crippen LogP contribution in [0.1, 0.15) is 33.1 Å². The lowest BCUT2D eigenvalue weighted by Gasteiger charge is -2.20. The Morgan fingerprint density at radius 1 is 1.50 bits per heavy atom. The van der Waals surface area contributed by atoms with Crippen molar-refractivity contribution >= 4 is 0 Å². The Morgan fingerprint density at radius 3 is 2.93 bits per heavy atom. The molecule has 1 heterocycles. The average molecular weight is 196 g/mol. The van der Waals surface area contributed by atoms with Crippen molar-refractivity contribution in [3.05, 3.63) is 12.7 Å². The molecule has 0 aromatic heterocycles. The fourth-order valence-corrected chi connectivity index (χ4v) is 2.08. The lowest BCUT2D eigenvalue weighted by molar-refractivity contribution is 0.296. The zero-order chi connectivity index (χ0) is 10.4. The first-order chi connectivity index (χ1) is 6.76. The van der Waals surface area contributed by atoms with E-state index in [1.54, 1.807) is 0 Å². The van der Waals surface area contributed by atoms with Crippen LogP contribution in [0.15, 0.2) is 12.7 Å². The van der Waals surface area contributed by atoms with E-state index in [-0.39, 0.29) is 0 Å². The van der Waals surface area contributed by atoms with Crippen molar-refractivity contribution in [2.24, 2.45) is 0 Å². The van der Waals surface area contributed by atoms with E-state index < -0.39 is 0 Å². The number of hydrogen-bond donors (Lipinski definition) is 1. The van der Waals surface area contributed by atoms with Gasteiger partial charge in [0.1, 0.15) is 0 Å². The predicted molar refractivity (Wildman–Crippen MR) is 62.5 cm³/mol. The molecule has 0 aliphatic carbocycles. The molecule has 0 aromatic carbocycles. The highest BCUT2D eigenvalue weighted by Gasteiger charge is 2.16. The molecule has 2 atom stereocenters. The van der Waals surface area contributed by atoms with Gasteiger partial charge in [-0.05, 0) is 45.8 Å². The molecule has 1 aliphatic heterocycles. The molecule has 1 fully saturated rings. The van der Waals surface area contributed by atoms with Gasteiger partial charge >= 0.3 is 0 Å². The van der Waals surface area contributed by atoms with Gasteiger partial charge in [0.05, 0.1) is 0 Å². The molecular formula is C12H24N2. The number of likely N-dealkylation sites (tertiary alicyclic amines) is 1. The zero-order valence-corrected chi connectivity index (χ0v) is 9.63. The molecule has 0 spiro atoms.